The summed E-state index contributed by atoms with van der Waals surface area (Å²) in [5, 5.41) is 0. The standard InChI is InChI=1S/C16H28N2O2.ClH/c1-11(2)5-7-19-15-10-16(14(18)9-13(15)17)20-8-6-12(3)4;/h9-12H,5-8,17-18H2,1-4H3;1H. The number of hydrogen-bond acceptors (Lipinski definition) is 4. The number of ether oxygens (including phenoxy) is 2. The van der Waals surface area contributed by atoms with Gasteiger partial charge in [0.15, 0.2) is 0 Å². The number of nitrogen functional groups attached to an aromatic ring is 2. The lowest BCUT2D eigenvalue weighted by Gasteiger charge is -2.15. The minimum Gasteiger partial charge on any atom is -0.491 e. The third-order valence-electron chi connectivity index (χ3n) is 3.05. The van der Waals surface area contributed by atoms with E-state index in [-0.39, 0.29) is 12.4 Å². The van der Waals surface area contributed by atoms with Gasteiger partial charge >= 0.3 is 0 Å². The summed E-state index contributed by atoms with van der Waals surface area (Å²) in [7, 11) is 0. The monoisotopic (exact) mass is 316 g/mol. The van der Waals surface area contributed by atoms with Gasteiger partial charge in [-0.15, -0.1) is 12.4 Å². The van der Waals surface area contributed by atoms with Crippen molar-refractivity contribution in [3.63, 3.8) is 0 Å². The molecule has 1 rings (SSSR count). The summed E-state index contributed by atoms with van der Waals surface area (Å²) in [5.74, 6) is 2.51. The van der Waals surface area contributed by atoms with E-state index in [4.69, 9.17) is 20.9 Å². The fourth-order valence-electron chi connectivity index (χ4n) is 1.65. The Labute approximate surface area is 134 Å². The maximum absolute atomic E-state index is 5.92. The average Bonchev–Trinajstić information content (AvgIpc) is 2.33. The van der Waals surface area contributed by atoms with Crippen LogP contribution in [-0.2, 0) is 0 Å². The van der Waals surface area contributed by atoms with Gasteiger partial charge in [0, 0.05) is 6.07 Å². The molecule has 0 aromatic heterocycles. The number of benzene rings is 1. The van der Waals surface area contributed by atoms with Crippen LogP contribution in [0.5, 0.6) is 11.5 Å². The second-order valence-electron chi connectivity index (χ2n) is 5.99. The second kappa shape index (κ2) is 9.61. The molecule has 5 heteroatoms. The van der Waals surface area contributed by atoms with Gasteiger partial charge < -0.3 is 20.9 Å². The third kappa shape index (κ3) is 7.32. The first-order valence-electron chi connectivity index (χ1n) is 7.34. The van der Waals surface area contributed by atoms with Crippen LogP contribution >= 0.6 is 12.4 Å². The van der Waals surface area contributed by atoms with Crippen LogP contribution in [0.4, 0.5) is 11.4 Å². The van der Waals surface area contributed by atoms with Crippen molar-refractivity contribution in [2.24, 2.45) is 11.8 Å². The molecule has 122 valence electrons. The second-order valence-corrected chi connectivity index (χ2v) is 5.99. The molecule has 0 spiro atoms. The maximum Gasteiger partial charge on any atom is 0.146 e. The predicted molar refractivity (Wildman–Crippen MR) is 92.4 cm³/mol. The van der Waals surface area contributed by atoms with Gasteiger partial charge in [0.25, 0.3) is 0 Å². The minimum atomic E-state index is 0. The van der Waals surface area contributed by atoms with Gasteiger partial charge in [0.1, 0.15) is 11.5 Å². The van der Waals surface area contributed by atoms with E-state index in [9.17, 15) is 0 Å². The molecule has 0 saturated heterocycles. The molecule has 0 heterocycles. The maximum atomic E-state index is 5.92. The summed E-state index contributed by atoms with van der Waals surface area (Å²) < 4.78 is 11.4. The lowest BCUT2D eigenvalue weighted by Crippen LogP contribution is -2.07. The SMILES string of the molecule is CC(C)CCOc1cc(OCCC(C)C)c(N)cc1N.Cl. The number of anilines is 2. The largest absolute Gasteiger partial charge is 0.491 e. The predicted octanol–water partition coefficient (Wildman–Crippen LogP) is 4.12. The molecule has 0 unspecified atom stereocenters. The summed E-state index contributed by atoms with van der Waals surface area (Å²) in [5.41, 5.74) is 13.0. The normalized spacial score (nSPS) is 10.6. The van der Waals surface area contributed by atoms with Crippen molar-refractivity contribution in [2.45, 2.75) is 40.5 Å². The third-order valence-corrected chi connectivity index (χ3v) is 3.05. The van der Waals surface area contributed by atoms with Crippen LogP contribution in [-0.4, -0.2) is 13.2 Å². The van der Waals surface area contributed by atoms with Crippen LogP contribution in [0.15, 0.2) is 12.1 Å². The van der Waals surface area contributed by atoms with Crippen LogP contribution in [0.3, 0.4) is 0 Å². The first-order chi connectivity index (χ1) is 9.40. The molecule has 4 nitrogen and oxygen atoms in total. The summed E-state index contributed by atoms with van der Waals surface area (Å²) in [6.07, 6.45) is 1.99. The number of hydrogen-bond donors (Lipinski definition) is 2. The zero-order valence-electron chi connectivity index (χ0n) is 13.5. The molecule has 1 aromatic rings. The molecular weight excluding hydrogens is 288 g/mol. The van der Waals surface area contributed by atoms with Gasteiger partial charge in [0.2, 0.25) is 0 Å². The molecule has 0 saturated carbocycles. The lowest BCUT2D eigenvalue weighted by atomic mass is 10.1. The smallest absolute Gasteiger partial charge is 0.146 e. The van der Waals surface area contributed by atoms with Crippen molar-refractivity contribution in [1.82, 2.24) is 0 Å². The Morgan fingerprint density at radius 3 is 1.52 bits per heavy atom. The van der Waals surface area contributed by atoms with Crippen LogP contribution in [0, 0.1) is 11.8 Å². The molecule has 0 aliphatic heterocycles. The highest BCUT2D eigenvalue weighted by Gasteiger charge is 2.09. The Hall–Kier alpha value is -1.29. The summed E-state index contributed by atoms with van der Waals surface area (Å²) in [6, 6.07) is 3.50. The number of halogens is 1. The Morgan fingerprint density at radius 1 is 0.810 bits per heavy atom. The quantitative estimate of drug-likeness (QED) is 0.708. The van der Waals surface area contributed by atoms with E-state index in [1.165, 1.54) is 0 Å². The van der Waals surface area contributed by atoms with Crippen LogP contribution in [0.2, 0.25) is 0 Å². The first kappa shape index (κ1) is 19.7. The van der Waals surface area contributed by atoms with Crippen molar-refractivity contribution in [3.05, 3.63) is 12.1 Å². The molecule has 21 heavy (non-hydrogen) atoms. The van der Waals surface area contributed by atoms with Crippen molar-refractivity contribution < 1.29 is 9.47 Å². The van der Waals surface area contributed by atoms with Gasteiger partial charge in [0.05, 0.1) is 24.6 Å². The topological polar surface area (TPSA) is 70.5 Å². The van der Waals surface area contributed by atoms with Gasteiger partial charge in [-0.3, -0.25) is 0 Å². The first-order valence-corrected chi connectivity index (χ1v) is 7.34. The van der Waals surface area contributed by atoms with Crippen molar-refractivity contribution in [3.8, 4) is 11.5 Å². The van der Waals surface area contributed by atoms with Crippen LogP contribution in [0.1, 0.15) is 40.5 Å². The fraction of sp³-hybridized carbons (Fsp3) is 0.625. The molecule has 0 radical (unpaired) electrons. The Bertz CT molecular complexity index is 388. The Balaban J connectivity index is 0.00000400. The zero-order chi connectivity index (χ0) is 15.1. The number of nitrogens with two attached hydrogens (primary N) is 2. The molecule has 0 bridgehead atoms. The molecule has 0 fully saturated rings. The van der Waals surface area contributed by atoms with Gasteiger partial charge in [-0.1, -0.05) is 27.7 Å². The van der Waals surface area contributed by atoms with Gasteiger partial charge in [-0.05, 0) is 30.7 Å². The highest BCUT2D eigenvalue weighted by Crippen LogP contribution is 2.33. The zero-order valence-corrected chi connectivity index (χ0v) is 14.3. The van der Waals surface area contributed by atoms with E-state index < -0.39 is 0 Å². The molecular formula is C16H29ClN2O2. The van der Waals surface area contributed by atoms with Crippen LogP contribution < -0.4 is 20.9 Å². The van der Waals surface area contributed by atoms with E-state index in [0.717, 1.165) is 12.8 Å². The molecule has 0 aliphatic rings. The summed E-state index contributed by atoms with van der Waals surface area (Å²) in [6.45, 7) is 9.95. The Morgan fingerprint density at radius 2 is 1.19 bits per heavy atom. The van der Waals surface area contributed by atoms with E-state index in [0.29, 0.717) is 47.9 Å². The molecule has 0 atom stereocenters. The highest BCUT2D eigenvalue weighted by atomic mass is 35.5. The molecule has 0 aliphatic carbocycles. The lowest BCUT2D eigenvalue weighted by molar-refractivity contribution is 0.278. The summed E-state index contributed by atoms with van der Waals surface area (Å²) in [4.78, 5) is 0. The van der Waals surface area contributed by atoms with E-state index in [1.807, 2.05) is 0 Å². The Kier molecular flexibility index (Phi) is 9.02. The van der Waals surface area contributed by atoms with Gasteiger partial charge in [-0.25, -0.2) is 0 Å². The number of rotatable bonds is 8. The van der Waals surface area contributed by atoms with Crippen molar-refractivity contribution in [1.29, 1.82) is 0 Å². The van der Waals surface area contributed by atoms with Crippen molar-refractivity contribution >= 4 is 23.8 Å². The molecule has 0 amide bonds. The summed E-state index contributed by atoms with van der Waals surface area (Å²) >= 11 is 0. The fourth-order valence-corrected chi connectivity index (χ4v) is 1.65. The van der Waals surface area contributed by atoms with E-state index >= 15 is 0 Å². The average molecular weight is 317 g/mol. The molecule has 4 N–H and O–H groups in total. The molecule has 1 aromatic carbocycles. The van der Waals surface area contributed by atoms with Crippen LogP contribution in [0.25, 0.3) is 0 Å². The van der Waals surface area contributed by atoms with Crippen molar-refractivity contribution in [2.75, 3.05) is 24.7 Å². The highest BCUT2D eigenvalue weighted by molar-refractivity contribution is 5.85. The van der Waals surface area contributed by atoms with Gasteiger partial charge in [-0.2, -0.15) is 0 Å². The minimum absolute atomic E-state index is 0. The van der Waals surface area contributed by atoms with E-state index in [2.05, 4.69) is 27.7 Å². The van der Waals surface area contributed by atoms with E-state index in [1.54, 1.807) is 12.1 Å².